The van der Waals surface area contributed by atoms with Crippen LogP contribution >= 0.6 is 0 Å². The smallest absolute Gasteiger partial charge is 0.123 e. The van der Waals surface area contributed by atoms with Crippen molar-refractivity contribution in [1.29, 1.82) is 0 Å². The number of hydrogen-bond donors (Lipinski definition) is 1. The van der Waals surface area contributed by atoms with E-state index in [9.17, 15) is 5.11 Å². The number of phenolic OH excluding ortho intramolecular Hbond substituents is 1. The lowest BCUT2D eigenvalue weighted by Gasteiger charge is -2.32. The summed E-state index contributed by atoms with van der Waals surface area (Å²) in [5.41, 5.74) is 4.30. The van der Waals surface area contributed by atoms with Crippen LogP contribution in [0.25, 0.3) is 0 Å². The number of aromatic hydroxyl groups is 1. The zero-order valence-corrected chi connectivity index (χ0v) is 14.0. The molecular formula is C17H29NO. The molecule has 0 aliphatic rings. The van der Waals surface area contributed by atoms with E-state index in [0.29, 0.717) is 5.75 Å². The van der Waals surface area contributed by atoms with Crippen LogP contribution in [0.2, 0.25) is 0 Å². The fourth-order valence-electron chi connectivity index (χ4n) is 2.71. The molecule has 0 aliphatic carbocycles. The van der Waals surface area contributed by atoms with Crippen molar-refractivity contribution in [1.82, 2.24) is 0 Å². The molecule has 19 heavy (non-hydrogen) atoms. The van der Waals surface area contributed by atoms with Crippen molar-refractivity contribution >= 4 is 5.69 Å². The molecule has 0 amide bonds. The summed E-state index contributed by atoms with van der Waals surface area (Å²) >= 11 is 0. The standard InChI is InChI=1S/C17H29NO/c1-11-13(18(8)9)10-12(16(2,3)4)15(19)14(11)17(5,6)7/h10,19H,1-9H3. The third-order valence-corrected chi connectivity index (χ3v) is 3.57. The van der Waals surface area contributed by atoms with Crippen LogP contribution < -0.4 is 4.90 Å². The van der Waals surface area contributed by atoms with Gasteiger partial charge in [0, 0.05) is 30.9 Å². The Hall–Kier alpha value is -1.18. The van der Waals surface area contributed by atoms with Crippen molar-refractivity contribution in [3.63, 3.8) is 0 Å². The predicted octanol–water partition coefficient (Wildman–Crippen LogP) is 4.36. The number of phenols is 1. The summed E-state index contributed by atoms with van der Waals surface area (Å²) in [7, 11) is 4.11. The van der Waals surface area contributed by atoms with E-state index in [1.807, 2.05) is 0 Å². The van der Waals surface area contributed by atoms with Gasteiger partial charge in [-0.3, -0.25) is 0 Å². The van der Waals surface area contributed by atoms with E-state index in [4.69, 9.17) is 0 Å². The van der Waals surface area contributed by atoms with Gasteiger partial charge < -0.3 is 10.0 Å². The molecule has 1 rings (SSSR count). The molecule has 0 saturated heterocycles. The van der Waals surface area contributed by atoms with Crippen molar-refractivity contribution in [3.8, 4) is 5.75 Å². The molecule has 0 atom stereocenters. The molecule has 108 valence electrons. The van der Waals surface area contributed by atoms with Crippen LogP contribution in [-0.2, 0) is 10.8 Å². The Bertz CT molecular complexity index is 474. The van der Waals surface area contributed by atoms with Gasteiger partial charge in [-0.1, -0.05) is 41.5 Å². The quantitative estimate of drug-likeness (QED) is 0.813. The first-order valence-corrected chi connectivity index (χ1v) is 6.92. The second-order valence-corrected chi connectivity index (χ2v) is 7.69. The summed E-state index contributed by atoms with van der Waals surface area (Å²) in [5.74, 6) is 0.461. The maximum atomic E-state index is 10.7. The number of benzene rings is 1. The summed E-state index contributed by atoms with van der Waals surface area (Å²) in [4.78, 5) is 2.12. The molecule has 0 fully saturated rings. The minimum absolute atomic E-state index is 0.0669. The van der Waals surface area contributed by atoms with Crippen LogP contribution in [0.3, 0.4) is 0 Å². The summed E-state index contributed by atoms with van der Waals surface area (Å²) in [6, 6.07) is 2.12. The van der Waals surface area contributed by atoms with E-state index < -0.39 is 0 Å². The van der Waals surface area contributed by atoms with Gasteiger partial charge in [-0.15, -0.1) is 0 Å². The zero-order valence-electron chi connectivity index (χ0n) is 14.0. The first kappa shape index (κ1) is 15.9. The first-order valence-electron chi connectivity index (χ1n) is 6.92. The third-order valence-electron chi connectivity index (χ3n) is 3.57. The Morgan fingerprint density at radius 1 is 0.947 bits per heavy atom. The van der Waals surface area contributed by atoms with Gasteiger partial charge in [0.05, 0.1) is 0 Å². The van der Waals surface area contributed by atoms with Crippen molar-refractivity contribution in [2.24, 2.45) is 0 Å². The Morgan fingerprint density at radius 3 is 1.74 bits per heavy atom. The predicted molar refractivity (Wildman–Crippen MR) is 84.6 cm³/mol. The minimum atomic E-state index is -0.0693. The lowest BCUT2D eigenvalue weighted by Crippen LogP contribution is -2.21. The Labute approximate surface area is 118 Å². The monoisotopic (exact) mass is 263 g/mol. The lowest BCUT2D eigenvalue weighted by atomic mass is 9.77. The molecule has 0 saturated carbocycles. The summed E-state index contributed by atoms with van der Waals surface area (Å²) in [5, 5.41) is 10.7. The van der Waals surface area contributed by atoms with Gasteiger partial charge in [-0.25, -0.2) is 0 Å². The number of hydrogen-bond acceptors (Lipinski definition) is 2. The Balaban J connectivity index is 3.77. The van der Waals surface area contributed by atoms with Crippen LogP contribution in [-0.4, -0.2) is 19.2 Å². The molecule has 2 nitrogen and oxygen atoms in total. The normalized spacial score (nSPS) is 12.7. The first-order chi connectivity index (χ1) is 8.37. The molecule has 1 aromatic rings. The van der Waals surface area contributed by atoms with E-state index in [0.717, 1.165) is 11.1 Å². The molecule has 0 aliphatic heterocycles. The lowest BCUT2D eigenvalue weighted by molar-refractivity contribution is 0.422. The number of nitrogens with zero attached hydrogens (tertiary/aromatic N) is 1. The highest BCUT2D eigenvalue weighted by Crippen LogP contribution is 2.44. The van der Waals surface area contributed by atoms with Gasteiger partial charge in [0.2, 0.25) is 0 Å². The molecule has 1 N–H and O–H groups in total. The average molecular weight is 263 g/mol. The van der Waals surface area contributed by atoms with E-state index in [-0.39, 0.29) is 10.8 Å². The van der Waals surface area contributed by atoms with E-state index >= 15 is 0 Å². The Morgan fingerprint density at radius 2 is 1.42 bits per heavy atom. The molecule has 2 heteroatoms. The largest absolute Gasteiger partial charge is 0.507 e. The van der Waals surface area contributed by atoms with Crippen LogP contribution in [0, 0.1) is 6.92 Å². The molecule has 0 aromatic heterocycles. The van der Waals surface area contributed by atoms with Gasteiger partial charge in [-0.05, 0) is 29.4 Å². The highest BCUT2D eigenvalue weighted by Gasteiger charge is 2.29. The van der Waals surface area contributed by atoms with Crippen molar-refractivity contribution < 1.29 is 5.11 Å². The summed E-state index contributed by atoms with van der Waals surface area (Å²) in [6.45, 7) is 15.0. The Kier molecular flexibility index (Phi) is 3.96. The minimum Gasteiger partial charge on any atom is -0.507 e. The SMILES string of the molecule is Cc1c(N(C)C)cc(C(C)(C)C)c(O)c1C(C)(C)C. The highest BCUT2D eigenvalue weighted by atomic mass is 16.3. The van der Waals surface area contributed by atoms with E-state index in [2.05, 4.69) is 73.5 Å². The second kappa shape index (κ2) is 4.73. The molecule has 0 radical (unpaired) electrons. The molecular weight excluding hydrogens is 234 g/mol. The van der Waals surface area contributed by atoms with Crippen molar-refractivity contribution in [3.05, 3.63) is 22.8 Å². The molecule has 0 bridgehead atoms. The third kappa shape index (κ3) is 3.05. The fourth-order valence-corrected chi connectivity index (χ4v) is 2.71. The fraction of sp³-hybridized carbons (Fsp3) is 0.647. The van der Waals surface area contributed by atoms with Gasteiger partial charge in [0.1, 0.15) is 5.75 Å². The topological polar surface area (TPSA) is 23.5 Å². The van der Waals surface area contributed by atoms with Crippen molar-refractivity contribution in [2.75, 3.05) is 19.0 Å². The number of anilines is 1. The molecule has 0 heterocycles. The molecule has 0 spiro atoms. The van der Waals surface area contributed by atoms with Crippen LogP contribution in [0.4, 0.5) is 5.69 Å². The van der Waals surface area contributed by atoms with Gasteiger partial charge in [0.15, 0.2) is 0 Å². The average Bonchev–Trinajstić information content (AvgIpc) is 2.12. The van der Waals surface area contributed by atoms with Crippen LogP contribution in [0.5, 0.6) is 5.75 Å². The highest BCUT2D eigenvalue weighted by molar-refractivity contribution is 5.65. The summed E-state index contributed by atoms with van der Waals surface area (Å²) in [6.07, 6.45) is 0. The maximum Gasteiger partial charge on any atom is 0.123 e. The van der Waals surface area contributed by atoms with Gasteiger partial charge in [-0.2, -0.15) is 0 Å². The summed E-state index contributed by atoms with van der Waals surface area (Å²) < 4.78 is 0. The van der Waals surface area contributed by atoms with E-state index in [1.54, 1.807) is 0 Å². The molecule has 1 aromatic carbocycles. The van der Waals surface area contributed by atoms with E-state index in [1.165, 1.54) is 11.3 Å². The molecule has 0 unspecified atom stereocenters. The van der Waals surface area contributed by atoms with Gasteiger partial charge in [0.25, 0.3) is 0 Å². The van der Waals surface area contributed by atoms with Crippen LogP contribution in [0.1, 0.15) is 58.2 Å². The second-order valence-electron chi connectivity index (χ2n) is 7.69. The van der Waals surface area contributed by atoms with Crippen LogP contribution in [0.15, 0.2) is 6.07 Å². The maximum absolute atomic E-state index is 10.7. The van der Waals surface area contributed by atoms with Crippen molar-refractivity contribution in [2.45, 2.75) is 59.3 Å². The van der Waals surface area contributed by atoms with Gasteiger partial charge >= 0.3 is 0 Å². The number of rotatable bonds is 1. The zero-order chi connectivity index (χ0) is 15.2.